The number of benzene rings is 1. The first-order valence-electron chi connectivity index (χ1n) is 7.87. The quantitative estimate of drug-likeness (QED) is 0.701. The molecule has 3 aromatic rings. The third kappa shape index (κ3) is 3.51. The lowest BCUT2D eigenvalue weighted by atomic mass is 10.2. The second-order valence-corrected chi connectivity index (χ2v) is 5.43. The molecule has 0 aliphatic carbocycles. The Bertz CT molecular complexity index is 831. The minimum absolute atomic E-state index is 0.0920. The van der Waals surface area contributed by atoms with Gasteiger partial charge in [0.25, 0.3) is 0 Å². The first-order chi connectivity index (χ1) is 11.7. The van der Waals surface area contributed by atoms with Crippen LogP contribution in [0.1, 0.15) is 20.3 Å². The standard InChI is InChI=1S/C17H19N5O2/c1-3-24-16(23)11-12(2)18-14-9-10-15-19-20-17(22(15)21-14)13-7-5-4-6-8-13/h4-10,12H,3,11H2,1-2H3,(H,18,21). The van der Waals surface area contributed by atoms with Crippen molar-refractivity contribution in [2.75, 3.05) is 11.9 Å². The van der Waals surface area contributed by atoms with Crippen molar-refractivity contribution in [2.45, 2.75) is 26.3 Å². The molecule has 0 amide bonds. The van der Waals surface area contributed by atoms with Crippen molar-refractivity contribution in [1.82, 2.24) is 19.8 Å². The zero-order valence-electron chi connectivity index (χ0n) is 13.6. The van der Waals surface area contributed by atoms with Crippen molar-refractivity contribution in [3.8, 4) is 11.4 Å². The Morgan fingerprint density at radius 2 is 2.00 bits per heavy atom. The molecule has 0 saturated carbocycles. The summed E-state index contributed by atoms with van der Waals surface area (Å²) in [5.41, 5.74) is 1.60. The Morgan fingerprint density at radius 3 is 2.75 bits per heavy atom. The van der Waals surface area contributed by atoms with Crippen LogP contribution >= 0.6 is 0 Å². The molecule has 0 fully saturated rings. The fourth-order valence-corrected chi connectivity index (χ4v) is 2.41. The van der Waals surface area contributed by atoms with Crippen molar-refractivity contribution in [2.24, 2.45) is 0 Å². The number of nitrogens with one attached hydrogen (secondary N) is 1. The Morgan fingerprint density at radius 1 is 1.21 bits per heavy atom. The van der Waals surface area contributed by atoms with Crippen LogP contribution in [0.2, 0.25) is 0 Å². The number of nitrogens with zero attached hydrogens (tertiary/aromatic N) is 4. The Labute approximate surface area is 139 Å². The van der Waals surface area contributed by atoms with E-state index in [1.165, 1.54) is 0 Å². The van der Waals surface area contributed by atoms with E-state index in [2.05, 4.69) is 20.6 Å². The van der Waals surface area contributed by atoms with Gasteiger partial charge < -0.3 is 10.1 Å². The molecule has 1 unspecified atom stereocenters. The summed E-state index contributed by atoms with van der Waals surface area (Å²) in [6.07, 6.45) is 0.279. The fourth-order valence-electron chi connectivity index (χ4n) is 2.41. The van der Waals surface area contributed by atoms with Gasteiger partial charge in [-0.2, -0.15) is 4.52 Å². The van der Waals surface area contributed by atoms with Crippen LogP contribution in [0.25, 0.3) is 17.0 Å². The summed E-state index contributed by atoms with van der Waals surface area (Å²) in [5, 5.41) is 16.1. The molecule has 2 heterocycles. The Balaban J connectivity index is 1.82. The van der Waals surface area contributed by atoms with Gasteiger partial charge in [0.15, 0.2) is 11.5 Å². The van der Waals surface area contributed by atoms with Gasteiger partial charge in [-0.05, 0) is 26.0 Å². The first kappa shape index (κ1) is 15.9. The third-order valence-corrected chi connectivity index (χ3v) is 3.47. The maximum Gasteiger partial charge on any atom is 0.307 e. The highest BCUT2D eigenvalue weighted by Crippen LogP contribution is 2.18. The molecule has 0 saturated heterocycles. The molecule has 0 spiro atoms. The van der Waals surface area contributed by atoms with E-state index in [0.29, 0.717) is 23.9 Å². The minimum atomic E-state index is -0.229. The number of esters is 1. The predicted octanol–water partition coefficient (Wildman–Crippen LogP) is 2.54. The number of anilines is 1. The highest BCUT2D eigenvalue weighted by molar-refractivity contribution is 5.70. The maximum atomic E-state index is 11.5. The second kappa shape index (κ2) is 7.08. The summed E-state index contributed by atoms with van der Waals surface area (Å²) >= 11 is 0. The summed E-state index contributed by atoms with van der Waals surface area (Å²) in [5.74, 6) is 1.09. The van der Waals surface area contributed by atoms with Gasteiger partial charge in [0.1, 0.15) is 5.82 Å². The fraction of sp³-hybridized carbons (Fsp3) is 0.294. The van der Waals surface area contributed by atoms with Crippen molar-refractivity contribution in [1.29, 1.82) is 0 Å². The third-order valence-electron chi connectivity index (χ3n) is 3.47. The summed E-state index contributed by atoms with van der Waals surface area (Å²) in [4.78, 5) is 11.5. The maximum absolute atomic E-state index is 11.5. The van der Waals surface area contributed by atoms with Crippen molar-refractivity contribution in [3.63, 3.8) is 0 Å². The Hall–Kier alpha value is -2.96. The molecule has 3 rings (SSSR count). The van der Waals surface area contributed by atoms with Crippen LogP contribution in [0, 0.1) is 0 Å². The number of rotatable bonds is 6. The van der Waals surface area contributed by atoms with E-state index in [1.807, 2.05) is 49.4 Å². The number of aromatic nitrogens is 4. The van der Waals surface area contributed by atoms with Crippen molar-refractivity contribution >= 4 is 17.4 Å². The predicted molar refractivity (Wildman–Crippen MR) is 90.6 cm³/mol. The smallest absolute Gasteiger partial charge is 0.307 e. The van der Waals surface area contributed by atoms with Crippen LogP contribution in [0.5, 0.6) is 0 Å². The van der Waals surface area contributed by atoms with Gasteiger partial charge in [-0.3, -0.25) is 4.79 Å². The molecule has 2 aromatic heterocycles. The number of hydrogen-bond donors (Lipinski definition) is 1. The van der Waals surface area contributed by atoms with Gasteiger partial charge in [0, 0.05) is 11.6 Å². The van der Waals surface area contributed by atoms with Gasteiger partial charge in [-0.25, -0.2) is 0 Å². The average molecular weight is 325 g/mol. The average Bonchev–Trinajstić information content (AvgIpc) is 2.99. The van der Waals surface area contributed by atoms with Gasteiger partial charge in [-0.15, -0.1) is 15.3 Å². The first-order valence-corrected chi connectivity index (χ1v) is 7.87. The van der Waals surface area contributed by atoms with E-state index < -0.39 is 0 Å². The topological polar surface area (TPSA) is 81.4 Å². The molecule has 1 N–H and O–H groups in total. The molecule has 7 heteroatoms. The van der Waals surface area contributed by atoms with E-state index in [1.54, 1.807) is 11.4 Å². The normalized spacial score (nSPS) is 12.1. The summed E-state index contributed by atoms with van der Waals surface area (Å²) in [6.45, 7) is 4.09. The molecule has 24 heavy (non-hydrogen) atoms. The van der Waals surface area contributed by atoms with Gasteiger partial charge in [-0.1, -0.05) is 30.3 Å². The van der Waals surface area contributed by atoms with E-state index in [0.717, 1.165) is 5.56 Å². The molecule has 0 aliphatic heterocycles. The van der Waals surface area contributed by atoms with E-state index in [9.17, 15) is 4.79 Å². The number of carbonyl (C=O) groups excluding carboxylic acids is 1. The van der Waals surface area contributed by atoms with Gasteiger partial charge in [0.05, 0.1) is 13.0 Å². The lowest BCUT2D eigenvalue weighted by Crippen LogP contribution is -2.22. The van der Waals surface area contributed by atoms with Gasteiger partial charge >= 0.3 is 5.97 Å². The lowest BCUT2D eigenvalue weighted by Gasteiger charge is -2.13. The number of hydrogen-bond acceptors (Lipinski definition) is 6. The zero-order valence-corrected chi connectivity index (χ0v) is 13.6. The molecule has 1 aromatic carbocycles. The molecule has 0 aliphatic rings. The molecule has 1 atom stereocenters. The molecule has 0 radical (unpaired) electrons. The summed E-state index contributed by atoms with van der Waals surface area (Å²) in [6, 6.07) is 13.3. The zero-order chi connectivity index (χ0) is 16.9. The highest BCUT2D eigenvalue weighted by atomic mass is 16.5. The minimum Gasteiger partial charge on any atom is -0.466 e. The van der Waals surface area contributed by atoms with E-state index >= 15 is 0 Å². The SMILES string of the molecule is CCOC(=O)CC(C)Nc1ccc2nnc(-c3ccccc3)n2n1. The molecular formula is C17H19N5O2. The van der Waals surface area contributed by atoms with Crippen molar-refractivity contribution in [3.05, 3.63) is 42.5 Å². The van der Waals surface area contributed by atoms with E-state index in [4.69, 9.17) is 4.74 Å². The van der Waals surface area contributed by atoms with Crippen LogP contribution in [-0.4, -0.2) is 38.4 Å². The second-order valence-electron chi connectivity index (χ2n) is 5.43. The van der Waals surface area contributed by atoms with Crippen LogP contribution < -0.4 is 5.32 Å². The van der Waals surface area contributed by atoms with E-state index in [-0.39, 0.29) is 18.4 Å². The van der Waals surface area contributed by atoms with Crippen LogP contribution in [0.4, 0.5) is 5.82 Å². The number of ether oxygens (including phenoxy) is 1. The largest absolute Gasteiger partial charge is 0.466 e. The Kier molecular flexibility index (Phi) is 4.69. The monoisotopic (exact) mass is 325 g/mol. The van der Waals surface area contributed by atoms with Crippen molar-refractivity contribution < 1.29 is 9.53 Å². The van der Waals surface area contributed by atoms with Crippen LogP contribution in [-0.2, 0) is 9.53 Å². The van der Waals surface area contributed by atoms with Crippen LogP contribution in [0.15, 0.2) is 42.5 Å². The molecular weight excluding hydrogens is 306 g/mol. The lowest BCUT2D eigenvalue weighted by molar-refractivity contribution is -0.143. The molecule has 0 bridgehead atoms. The van der Waals surface area contributed by atoms with Gasteiger partial charge in [0.2, 0.25) is 0 Å². The molecule has 7 nitrogen and oxygen atoms in total. The number of fused-ring (bicyclic) bond motifs is 1. The highest BCUT2D eigenvalue weighted by Gasteiger charge is 2.13. The number of carbonyl (C=O) groups is 1. The summed E-state index contributed by atoms with van der Waals surface area (Å²) in [7, 11) is 0. The molecule has 124 valence electrons. The van der Waals surface area contributed by atoms with Crippen LogP contribution in [0.3, 0.4) is 0 Å². The summed E-state index contributed by atoms with van der Waals surface area (Å²) < 4.78 is 6.65.